The molecule has 1 unspecified atom stereocenters. The van der Waals surface area contributed by atoms with Crippen LogP contribution in [0, 0.1) is 5.92 Å². The fraction of sp³-hybridized carbons (Fsp3) is 0.381. The fourth-order valence-corrected chi connectivity index (χ4v) is 3.26. The van der Waals surface area contributed by atoms with E-state index in [1.165, 1.54) is 18.5 Å². The summed E-state index contributed by atoms with van der Waals surface area (Å²) in [7, 11) is 1.58. The average molecular weight is 354 g/mol. The number of hydrogen-bond acceptors (Lipinski definition) is 4. The highest BCUT2D eigenvalue weighted by molar-refractivity contribution is 5.92. The molecule has 1 aliphatic heterocycles. The summed E-state index contributed by atoms with van der Waals surface area (Å²) < 4.78 is 10.8. The van der Waals surface area contributed by atoms with Gasteiger partial charge in [0.2, 0.25) is 0 Å². The Hall–Kier alpha value is -2.69. The lowest BCUT2D eigenvalue weighted by Crippen LogP contribution is -2.34. The van der Waals surface area contributed by atoms with E-state index in [0.717, 1.165) is 24.7 Å². The van der Waals surface area contributed by atoms with E-state index >= 15 is 0 Å². The van der Waals surface area contributed by atoms with Crippen LogP contribution in [0.25, 0.3) is 0 Å². The van der Waals surface area contributed by atoms with Gasteiger partial charge in [-0.05, 0) is 55.2 Å². The Balaban J connectivity index is 1.53. The number of hydrogen-bond donors (Lipinski definition) is 1. The van der Waals surface area contributed by atoms with E-state index in [1.54, 1.807) is 19.2 Å². The largest absolute Gasteiger partial charge is 0.493 e. The minimum absolute atomic E-state index is 0.0637. The molecule has 0 bridgehead atoms. The second kappa shape index (κ2) is 8.61. The van der Waals surface area contributed by atoms with Crippen molar-refractivity contribution in [3.8, 4) is 11.5 Å². The van der Waals surface area contributed by atoms with Crippen molar-refractivity contribution in [3.05, 3.63) is 48.5 Å². The van der Waals surface area contributed by atoms with Crippen molar-refractivity contribution >= 4 is 17.3 Å². The molecule has 1 amide bonds. The van der Waals surface area contributed by atoms with Crippen molar-refractivity contribution in [3.63, 3.8) is 0 Å². The maximum atomic E-state index is 12.1. The Labute approximate surface area is 154 Å². The van der Waals surface area contributed by atoms with Gasteiger partial charge in [0, 0.05) is 24.5 Å². The number of carbonyl (C=O) groups excluding carboxylic acids is 1. The van der Waals surface area contributed by atoms with E-state index < -0.39 is 0 Å². The zero-order valence-corrected chi connectivity index (χ0v) is 15.4. The first-order chi connectivity index (χ1) is 12.7. The molecular weight excluding hydrogens is 328 g/mol. The fourth-order valence-electron chi connectivity index (χ4n) is 3.26. The molecule has 0 aromatic heterocycles. The van der Waals surface area contributed by atoms with Gasteiger partial charge in [0.25, 0.3) is 5.91 Å². The lowest BCUT2D eigenvalue weighted by molar-refractivity contribution is -0.118. The maximum Gasteiger partial charge on any atom is 0.262 e. The summed E-state index contributed by atoms with van der Waals surface area (Å²) in [4.78, 5) is 14.5. The summed E-state index contributed by atoms with van der Waals surface area (Å²) in [5.41, 5.74) is 1.98. The highest BCUT2D eigenvalue weighted by Gasteiger charge is 2.16. The molecule has 1 aliphatic rings. The number of amides is 1. The van der Waals surface area contributed by atoms with Crippen LogP contribution in [-0.4, -0.2) is 32.7 Å². The zero-order chi connectivity index (χ0) is 18.4. The molecule has 0 spiro atoms. The van der Waals surface area contributed by atoms with Crippen LogP contribution < -0.4 is 19.7 Å². The molecule has 1 heterocycles. The molecule has 1 saturated heterocycles. The molecule has 1 atom stereocenters. The average Bonchev–Trinajstić information content (AvgIpc) is 2.67. The molecule has 138 valence electrons. The molecule has 1 fully saturated rings. The summed E-state index contributed by atoms with van der Waals surface area (Å²) in [5.74, 6) is 1.70. The molecule has 5 nitrogen and oxygen atoms in total. The van der Waals surface area contributed by atoms with Gasteiger partial charge >= 0.3 is 0 Å². The smallest absolute Gasteiger partial charge is 0.262 e. The number of anilines is 2. The van der Waals surface area contributed by atoms with E-state index in [-0.39, 0.29) is 12.5 Å². The van der Waals surface area contributed by atoms with Gasteiger partial charge in [-0.3, -0.25) is 4.79 Å². The van der Waals surface area contributed by atoms with E-state index in [0.29, 0.717) is 11.5 Å². The van der Waals surface area contributed by atoms with Gasteiger partial charge in [-0.15, -0.1) is 0 Å². The van der Waals surface area contributed by atoms with Crippen molar-refractivity contribution in [2.24, 2.45) is 5.92 Å². The molecule has 26 heavy (non-hydrogen) atoms. The second-order valence-corrected chi connectivity index (χ2v) is 6.73. The van der Waals surface area contributed by atoms with Crippen molar-refractivity contribution in [2.75, 3.05) is 37.0 Å². The molecule has 5 heteroatoms. The second-order valence-electron chi connectivity index (χ2n) is 6.73. The minimum atomic E-state index is -0.199. The minimum Gasteiger partial charge on any atom is -0.493 e. The van der Waals surface area contributed by atoms with Crippen LogP contribution in [-0.2, 0) is 4.79 Å². The first-order valence-corrected chi connectivity index (χ1v) is 9.06. The number of piperidine rings is 1. The van der Waals surface area contributed by atoms with E-state index in [9.17, 15) is 4.79 Å². The predicted molar refractivity (Wildman–Crippen MR) is 104 cm³/mol. The maximum absolute atomic E-state index is 12.1. The number of para-hydroxylation sites is 2. The van der Waals surface area contributed by atoms with Gasteiger partial charge in [-0.2, -0.15) is 0 Å². The number of ether oxygens (including phenoxy) is 2. The third-order valence-electron chi connectivity index (χ3n) is 4.60. The van der Waals surface area contributed by atoms with Crippen molar-refractivity contribution < 1.29 is 14.3 Å². The predicted octanol–water partition coefficient (Wildman–Crippen LogP) is 3.95. The summed E-state index contributed by atoms with van der Waals surface area (Å²) in [5, 5.41) is 2.87. The summed E-state index contributed by atoms with van der Waals surface area (Å²) in [6.45, 7) is 4.43. The van der Waals surface area contributed by atoms with Crippen LogP contribution in [0.1, 0.15) is 19.8 Å². The SMILES string of the molecule is COc1ccccc1OCC(=O)Nc1ccc(N2CCCC(C)C2)cc1. The normalized spacial score (nSPS) is 16.8. The summed E-state index contributed by atoms with van der Waals surface area (Å²) >= 11 is 0. The van der Waals surface area contributed by atoms with Crippen LogP contribution in [0.4, 0.5) is 11.4 Å². The van der Waals surface area contributed by atoms with E-state index in [1.807, 2.05) is 24.3 Å². The first-order valence-electron chi connectivity index (χ1n) is 9.06. The van der Waals surface area contributed by atoms with Crippen LogP contribution in [0.15, 0.2) is 48.5 Å². The zero-order valence-electron chi connectivity index (χ0n) is 15.4. The Bertz CT molecular complexity index is 730. The lowest BCUT2D eigenvalue weighted by atomic mass is 10.00. The molecule has 1 N–H and O–H groups in total. The molecule has 0 aliphatic carbocycles. The number of benzene rings is 2. The lowest BCUT2D eigenvalue weighted by Gasteiger charge is -2.32. The third kappa shape index (κ3) is 4.69. The van der Waals surface area contributed by atoms with Crippen molar-refractivity contribution in [1.29, 1.82) is 0 Å². The van der Waals surface area contributed by atoms with Gasteiger partial charge in [0.1, 0.15) is 0 Å². The van der Waals surface area contributed by atoms with Gasteiger partial charge in [0.05, 0.1) is 7.11 Å². The first kappa shape index (κ1) is 18.1. The highest BCUT2D eigenvalue weighted by atomic mass is 16.5. The van der Waals surface area contributed by atoms with Crippen LogP contribution >= 0.6 is 0 Å². The summed E-state index contributed by atoms with van der Waals surface area (Å²) in [6.07, 6.45) is 2.54. The Morgan fingerprint density at radius 2 is 1.88 bits per heavy atom. The molecule has 2 aromatic rings. The van der Waals surface area contributed by atoms with E-state index in [4.69, 9.17) is 9.47 Å². The Kier molecular flexibility index (Phi) is 6.00. The number of nitrogens with zero attached hydrogens (tertiary/aromatic N) is 1. The number of methoxy groups -OCH3 is 1. The Morgan fingerprint density at radius 3 is 2.58 bits per heavy atom. The van der Waals surface area contributed by atoms with Gasteiger partial charge < -0.3 is 19.7 Å². The van der Waals surface area contributed by atoms with Crippen molar-refractivity contribution in [2.45, 2.75) is 19.8 Å². The van der Waals surface area contributed by atoms with E-state index in [2.05, 4.69) is 29.3 Å². The van der Waals surface area contributed by atoms with Crippen molar-refractivity contribution in [1.82, 2.24) is 0 Å². The summed E-state index contributed by atoms with van der Waals surface area (Å²) in [6, 6.07) is 15.3. The van der Waals surface area contributed by atoms with Crippen LogP contribution in [0.2, 0.25) is 0 Å². The number of rotatable bonds is 6. The highest BCUT2D eigenvalue weighted by Crippen LogP contribution is 2.26. The standard InChI is InChI=1S/C21H26N2O3/c1-16-6-5-13-23(14-16)18-11-9-17(10-12-18)22-21(24)15-26-20-8-4-3-7-19(20)25-2/h3-4,7-12,16H,5-6,13-15H2,1-2H3,(H,22,24). The molecular formula is C21H26N2O3. The monoisotopic (exact) mass is 354 g/mol. The van der Waals surface area contributed by atoms with Gasteiger partial charge in [0.15, 0.2) is 18.1 Å². The topological polar surface area (TPSA) is 50.8 Å². The molecule has 0 saturated carbocycles. The van der Waals surface area contributed by atoms with Gasteiger partial charge in [-0.1, -0.05) is 19.1 Å². The third-order valence-corrected chi connectivity index (χ3v) is 4.60. The molecule has 3 rings (SSSR count). The number of carbonyl (C=O) groups is 1. The quantitative estimate of drug-likeness (QED) is 0.853. The molecule has 2 aromatic carbocycles. The Morgan fingerprint density at radius 1 is 1.15 bits per heavy atom. The van der Waals surface area contributed by atoms with Crippen LogP contribution in [0.3, 0.4) is 0 Å². The van der Waals surface area contributed by atoms with Crippen LogP contribution in [0.5, 0.6) is 11.5 Å². The van der Waals surface area contributed by atoms with Gasteiger partial charge in [-0.25, -0.2) is 0 Å². The molecule has 0 radical (unpaired) electrons. The number of nitrogens with one attached hydrogen (secondary N) is 1.